The summed E-state index contributed by atoms with van der Waals surface area (Å²) in [6.07, 6.45) is 1.74. The highest BCUT2D eigenvalue weighted by atomic mass is 127. The van der Waals surface area contributed by atoms with E-state index in [1.54, 1.807) is 0 Å². The van der Waals surface area contributed by atoms with Crippen LogP contribution in [-0.4, -0.2) is 19.2 Å². The molecular weight excluding hydrogens is 465 g/mol. The molecule has 0 saturated carbocycles. The van der Waals surface area contributed by atoms with Crippen LogP contribution in [0.2, 0.25) is 5.02 Å². The van der Waals surface area contributed by atoms with E-state index in [0.717, 1.165) is 41.0 Å². The number of halogens is 2. The lowest BCUT2D eigenvalue weighted by atomic mass is 10.0. The molecule has 4 rings (SSSR count). The van der Waals surface area contributed by atoms with Gasteiger partial charge in [-0.25, -0.2) is 4.99 Å². The molecule has 7 heteroatoms. The first-order valence-corrected chi connectivity index (χ1v) is 8.81. The van der Waals surface area contributed by atoms with Crippen molar-refractivity contribution in [3.63, 3.8) is 0 Å². The fourth-order valence-electron chi connectivity index (χ4n) is 3.35. The van der Waals surface area contributed by atoms with Crippen molar-refractivity contribution in [2.45, 2.75) is 25.4 Å². The number of nitrogens with two attached hydrogens (primary N) is 1. The Labute approximate surface area is 174 Å². The van der Waals surface area contributed by atoms with Gasteiger partial charge in [-0.05, 0) is 23.8 Å². The van der Waals surface area contributed by atoms with E-state index in [0.29, 0.717) is 30.7 Å². The lowest BCUT2D eigenvalue weighted by Crippen LogP contribution is -2.37. The summed E-state index contributed by atoms with van der Waals surface area (Å²) < 4.78 is 11.4. The van der Waals surface area contributed by atoms with Crippen LogP contribution in [0.25, 0.3) is 0 Å². The quantitative estimate of drug-likeness (QED) is 0.394. The summed E-state index contributed by atoms with van der Waals surface area (Å²) in [5, 5.41) is 4.01. The molecule has 26 heavy (non-hydrogen) atoms. The minimum atomic E-state index is 0. The van der Waals surface area contributed by atoms with Crippen molar-refractivity contribution >= 4 is 41.5 Å². The van der Waals surface area contributed by atoms with Gasteiger partial charge in [0.1, 0.15) is 11.5 Å². The minimum absolute atomic E-state index is 0. The molecule has 0 aliphatic carbocycles. The zero-order valence-corrected chi connectivity index (χ0v) is 17.3. The number of para-hydroxylation sites is 1. The van der Waals surface area contributed by atoms with Gasteiger partial charge in [-0.2, -0.15) is 0 Å². The molecule has 1 atom stereocenters. The first-order chi connectivity index (χ1) is 12.2. The summed E-state index contributed by atoms with van der Waals surface area (Å²) in [5.41, 5.74) is 9.34. The van der Waals surface area contributed by atoms with Gasteiger partial charge < -0.3 is 20.5 Å². The Balaban J connectivity index is 0.00000196. The zero-order valence-electron chi connectivity index (χ0n) is 14.2. The van der Waals surface area contributed by atoms with Crippen molar-refractivity contribution in [2.75, 3.05) is 13.2 Å². The molecule has 0 spiro atoms. The predicted octanol–water partition coefficient (Wildman–Crippen LogP) is 3.82. The number of hydrogen-bond acceptors (Lipinski definition) is 3. The fraction of sp³-hybridized carbons (Fsp3) is 0.316. The van der Waals surface area contributed by atoms with Crippen LogP contribution in [0.5, 0.6) is 11.5 Å². The lowest BCUT2D eigenvalue weighted by Gasteiger charge is -2.26. The van der Waals surface area contributed by atoms with E-state index in [-0.39, 0.29) is 30.0 Å². The monoisotopic (exact) mass is 485 g/mol. The summed E-state index contributed by atoms with van der Waals surface area (Å²) in [4.78, 5) is 4.48. The summed E-state index contributed by atoms with van der Waals surface area (Å²) >= 11 is 6.19. The Kier molecular flexibility index (Phi) is 6.13. The average molecular weight is 486 g/mol. The van der Waals surface area contributed by atoms with E-state index in [1.807, 2.05) is 30.3 Å². The molecule has 5 nitrogen and oxygen atoms in total. The second-order valence-corrected chi connectivity index (χ2v) is 6.66. The van der Waals surface area contributed by atoms with Gasteiger partial charge in [0.15, 0.2) is 5.96 Å². The number of benzene rings is 2. The zero-order chi connectivity index (χ0) is 17.2. The largest absolute Gasteiger partial charge is 0.493 e. The van der Waals surface area contributed by atoms with Gasteiger partial charge in [0.05, 0.1) is 25.8 Å². The van der Waals surface area contributed by atoms with E-state index in [9.17, 15) is 0 Å². The first-order valence-electron chi connectivity index (χ1n) is 8.43. The SMILES string of the molecule is I.NC(=NCc1cc(Cl)cc2c1OCC2)NC1CCOc2ccccc21. The molecule has 138 valence electrons. The maximum atomic E-state index is 6.19. The Morgan fingerprint density at radius 1 is 1.23 bits per heavy atom. The van der Waals surface area contributed by atoms with Gasteiger partial charge >= 0.3 is 0 Å². The van der Waals surface area contributed by atoms with Crippen molar-refractivity contribution in [1.82, 2.24) is 5.32 Å². The molecule has 0 fully saturated rings. The Morgan fingerprint density at radius 3 is 2.96 bits per heavy atom. The number of fused-ring (bicyclic) bond motifs is 2. The second kappa shape index (κ2) is 8.35. The van der Waals surface area contributed by atoms with Crippen LogP contribution in [0.1, 0.15) is 29.2 Å². The van der Waals surface area contributed by atoms with Crippen LogP contribution in [-0.2, 0) is 13.0 Å². The van der Waals surface area contributed by atoms with Crippen molar-refractivity contribution in [3.05, 3.63) is 58.1 Å². The molecule has 0 radical (unpaired) electrons. The number of ether oxygens (including phenoxy) is 2. The maximum absolute atomic E-state index is 6.19. The summed E-state index contributed by atoms with van der Waals surface area (Å²) in [7, 11) is 0. The maximum Gasteiger partial charge on any atom is 0.189 e. The van der Waals surface area contributed by atoms with Crippen LogP contribution in [0.4, 0.5) is 0 Å². The van der Waals surface area contributed by atoms with Crippen LogP contribution < -0.4 is 20.5 Å². The molecule has 0 amide bonds. The number of hydrogen-bond donors (Lipinski definition) is 2. The molecule has 3 N–H and O–H groups in total. The third-order valence-electron chi connectivity index (χ3n) is 4.53. The average Bonchev–Trinajstić information content (AvgIpc) is 3.08. The van der Waals surface area contributed by atoms with Crippen LogP contribution in [0, 0.1) is 0 Å². The van der Waals surface area contributed by atoms with Gasteiger partial charge in [0.25, 0.3) is 0 Å². The highest BCUT2D eigenvalue weighted by Crippen LogP contribution is 2.33. The number of nitrogens with one attached hydrogen (secondary N) is 1. The Bertz CT molecular complexity index is 828. The number of nitrogens with zero attached hydrogens (tertiary/aromatic N) is 1. The molecule has 1 unspecified atom stereocenters. The highest BCUT2D eigenvalue weighted by molar-refractivity contribution is 14.0. The van der Waals surface area contributed by atoms with Gasteiger partial charge in [-0.15, -0.1) is 24.0 Å². The second-order valence-electron chi connectivity index (χ2n) is 6.22. The van der Waals surface area contributed by atoms with Gasteiger partial charge in [0, 0.05) is 29.0 Å². The van der Waals surface area contributed by atoms with E-state index in [4.69, 9.17) is 26.8 Å². The standard InChI is InChI=1S/C19H20ClN3O2.HI/c20-14-9-12-5-7-25-18(12)13(10-14)11-22-19(21)23-16-6-8-24-17-4-2-1-3-15(16)17;/h1-4,9-10,16H,5-8,11H2,(H3,21,22,23);1H. The summed E-state index contributed by atoms with van der Waals surface area (Å²) in [6.45, 7) is 1.79. The predicted molar refractivity (Wildman–Crippen MR) is 114 cm³/mol. The van der Waals surface area contributed by atoms with E-state index in [2.05, 4.69) is 16.4 Å². The van der Waals surface area contributed by atoms with Crippen molar-refractivity contribution < 1.29 is 9.47 Å². The van der Waals surface area contributed by atoms with Crippen molar-refractivity contribution in [2.24, 2.45) is 10.7 Å². The normalized spacial score (nSPS) is 18.0. The highest BCUT2D eigenvalue weighted by Gasteiger charge is 2.21. The smallest absolute Gasteiger partial charge is 0.189 e. The van der Waals surface area contributed by atoms with Crippen LogP contribution >= 0.6 is 35.6 Å². The number of guanidine groups is 1. The molecule has 2 aliphatic rings. The van der Waals surface area contributed by atoms with Crippen molar-refractivity contribution in [1.29, 1.82) is 0 Å². The third kappa shape index (κ3) is 4.01. The van der Waals surface area contributed by atoms with E-state index < -0.39 is 0 Å². The van der Waals surface area contributed by atoms with Gasteiger partial charge in [0.2, 0.25) is 0 Å². The molecule has 2 heterocycles. The van der Waals surface area contributed by atoms with Gasteiger partial charge in [-0.1, -0.05) is 29.8 Å². The summed E-state index contributed by atoms with van der Waals surface area (Å²) in [5.74, 6) is 2.21. The number of rotatable bonds is 3. The van der Waals surface area contributed by atoms with Gasteiger partial charge in [-0.3, -0.25) is 0 Å². The third-order valence-corrected chi connectivity index (χ3v) is 4.74. The molecule has 2 aliphatic heterocycles. The van der Waals surface area contributed by atoms with E-state index in [1.165, 1.54) is 0 Å². The van der Waals surface area contributed by atoms with Crippen LogP contribution in [0.15, 0.2) is 41.4 Å². The first kappa shape index (κ1) is 19.1. The van der Waals surface area contributed by atoms with Crippen LogP contribution in [0.3, 0.4) is 0 Å². The number of aliphatic imine (C=N–C) groups is 1. The topological polar surface area (TPSA) is 68.9 Å². The lowest BCUT2D eigenvalue weighted by molar-refractivity contribution is 0.262. The molecule has 0 saturated heterocycles. The van der Waals surface area contributed by atoms with E-state index >= 15 is 0 Å². The molecular formula is C19H21ClIN3O2. The molecule has 2 aromatic carbocycles. The molecule has 0 aromatic heterocycles. The Hall–Kier alpha value is -1.67. The molecule has 0 bridgehead atoms. The summed E-state index contributed by atoms with van der Waals surface area (Å²) in [6, 6.07) is 12.0. The Morgan fingerprint density at radius 2 is 2.08 bits per heavy atom. The minimum Gasteiger partial charge on any atom is -0.493 e. The molecule has 2 aromatic rings. The fourth-order valence-corrected chi connectivity index (χ4v) is 3.61. The van der Waals surface area contributed by atoms with Crippen molar-refractivity contribution in [3.8, 4) is 11.5 Å².